The van der Waals surface area contributed by atoms with E-state index in [0.29, 0.717) is 24.2 Å². The zero-order valence-corrected chi connectivity index (χ0v) is 17.0. The molecule has 30 heavy (non-hydrogen) atoms. The summed E-state index contributed by atoms with van der Waals surface area (Å²) in [5, 5.41) is 5.18. The highest BCUT2D eigenvalue weighted by Gasteiger charge is 2.51. The van der Waals surface area contributed by atoms with E-state index in [9.17, 15) is 24.0 Å². The van der Waals surface area contributed by atoms with Crippen LogP contribution in [-0.2, 0) is 28.7 Å². The third kappa shape index (κ3) is 4.67. The molecule has 9 nitrogen and oxygen atoms in total. The monoisotopic (exact) mass is 415 g/mol. The van der Waals surface area contributed by atoms with Crippen molar-refractivity contribution in [3.05, 3.63) is 24.3 Å². The lowest BCUT2D eigenvalue weighted by Crippen LogP contribution is -2.45. The van der Waals surface area contributed by atoms with Gasteiger partial charge >= 0.3 is 5.97 Å². The van der Waals surface area contributed by atoms with E-state index in [2.05, 4.69) is 10.6 Å². The minimum absolute atomic E-state index is 0.206. The fourth-order valence-electron chi connectivity index (χ4n) is 3.97. The molecule has 3 rings (SSSR count). The van der Waals surface area contributed by atoms with E-state index in [-0.39, 0.29) is 29.6 Å². The fourth-order valence-corrected chi connectivity index (χ4v) is 3.97. The number of nitrogens with one attached hydrogen (secondary N) is 2. The van der Waals surface area contributed by atoms with E-state index in [4.69, 9.17) is 4.74 Å². The summed E-state index contributed by atoms with van der Waals surface area (Å²) in [6.07, 6.45) is 3.13. The molecule has 0 aromatic heterocycles. The Morgan fingerprint density at radius 2 is 1.50 bits per heavy atom. The molecule has 2 N–H and O–H groups in total. The van der Waals surface area contributed by atoms with Crippen molar-refractivity contribution in [3.63, 3.8) is 0 Å². The molecule has 0 radical (unpaired) electrons. The number of hydrogen-bond donors (Lipinski definition) is 2. The number of hydrogen-bond acceptors (Lipinski definition) is 6. The first kappa shape index (κ1) is 21.5. The molecule has 0 unspecified atom stereocenters. The van der Waals surface area contributed by atoms with E-state index >= 15 is 0 Å². The van der Waals surface area contributed by atoms with Crippen molar-refractivity contribution in [1.82, 2.24) is 4.90 Å². The van der Waals surface area contributed by atoms with Crippen LogP contribution in [0.4, 0.5) is 11.4 Å². The average Bonchev–Trinajstić information content (AvgIpc) is 2.97. The lowest BCUT2D eigenvalue weighted by Gasteiger charge is -2.21. The van der Waals surface area contributed by atoms with Crippen molar-refractivity contribution in [2.45, 2.75) is 45.6 Å². The van der Waals surface area contributed by atoms with Crippen LogP contribution in [0.5, 0.6) is 0 Å². The molecule has 1 aromatic carbocycles. The molecule has 1 heterocycles. The number of likely N-dealkylation sites (tertiary alicyclic amines) is 1. The maximum absolute atomic E-state index is 12.6. The predicted molar refractivity (Wildman–Crippen MR) is 107 cm³/mol. The van der Waals surface area contributed by atoms with Gasteiger partial charge in [-0.15, -0.1) is 0 Å². The summed E-state index contributed by atoms with van der Waals surface area (Å²) in [5.74, 6) is -2.89. The average molecular weight is 415 g/mol. The highest BCUT2D eigenvalue weighted by molar-refractivity contribution is 6.08. The number of esters is 1. The van der Waals surface area contributed by atoms with Crippen LogP contribution in [0.25, 0.3) is 0 Å². The quantitative estimate of drug-likeness (QED) is 0.539. The lowest BCUT2D eigenvalue weighted by molar-refractivity contribution is -0.159. The summed E-state index contributed by atoms with van der Waals surface area (Å²) in [5.41, 5.74) is 1.05. The minimum atomic E-state index is -1.07. The van der Waals surface area contributed by atoms with E-state index in [0.717, 1.165) is 17.7 Å². The van der Waals surface area contributed by atoms with Gasteiger partial charge in [0.05, 0.1) is 11.8 Å². The second kappa shape index (κ2) is 9.06. The molecule has 1 aliphatic heterocycles. The maximum Gasteiger partial charge on any atom is 0.329 e. The molecule has 3 atom stereocenters. The number of anilines is 2. The number of amides is 4. The summed E-state index contributed by atoms with van der Waals surface area (Å²) in [4.78, 5) is 61.5. The van der Waals surface area contributed by atoms with Crippen molar-refractivity contribution in [2.75, 3.05) is 17.2 Å². The van der Waals surface area contributed by atoms with Crippen LogP contribution in [0, 0.1) is 11.8 Å². The molecule has 1 aromatic rings. The van der Waals surface area contributed by atoms with Crippen molar-refractivity contribution in [3.8, 4) is 0 Å². The van der Waals surface area contributed by atoms with Crippen molar-refractivity contribution < 1.29 is 28.7 Å². The summed E-state index contributed by atoms with van der Waals surface area (Å²) in [7, 11) is 0. The molecule has 4 amide bonds. The molecule has 0 bridgehead atoms. The van der Waals surface area contributed by atoms with Gasteiger partial charge in [-0.3, -0.25) is 24.1 Å². The number of carbonyl (C=O) groups is 5. The number of rotatable bonds is 6. The third-order valence-corrected chi connectivity index (χ3v) is 5.44. The number of nitrogens with zero attached hydrogens (tertiary/aromatic N) is 1. The highest BCUT2D eigenvalue weighted by atomic mass is 16.5. The molecule has 2 aliphatic rings. The Bertz CT molecular complexity index is 842. The summed E-state index contributed by atoms with van der Waals surface area (Å²) < 4.78 is 5.02. The number of imide groups is 1. The zero-order chi connectivity index (χ0) is 21.8. The molecule has 2 fully saturated rings. The molecule has 160 valence electrons. The fraction of sp³-hybridized carbons (Fsp3) is 0.476. The van der Waals surface area contributed by atoms with Gasteiger partial charge < -0.3 is 15.4 Å². The van der Waals surface area contributed by atoms with Gasteiger partial charge in [0.1, 0.15) is 6.04 Å². The summed E-state index contributed by atoms with van der Waals surface area (Å²) >= 11 is 0. The normalized spacial score (nSPS) is 21.6. The standard InChI is InChI=1S/C21H25N3O6/c1-12(24-19(27)16-5-3-4-6-17(16)20(24)28)21(29)30-11-18(26)23-15-9-7-14(8-10-15)22-13(2)25/h7-10,12,16-17H,3-6,11H2,1-2H3,(H,22,25)(H,23,26)/t12-,16+,17+/m0/s1. The second-order valence-electron chi connectivity index (χ2n) is 7.63. The van der Waals surface area contributed by atoms with Crippen LogP contribution in [0.3, 0.4) is 0 Å². The maximum atomic E-state index is 12.6. The number of fused-ring (bicyclic) bond motifs is 1. The first-order chi connectivity index (χ1) is 14.3. The molecule has 1 aliphatic carbocycles. The Labute approximate surface area is 174 Å². The second-order valence-corrected chi connectivity index (χ2v) is 7.63. The largest absolute Gasteiger partial charge is 0.454 e. The van der Waals surface area contributed by atoms with Gasteiger partial charge in [0, 0.05) is 18.3 Å². The van der Waals surface area contributed by atoms with E-state index in [1.54, 1.807) is 24.3 Å². The third-order valence-electron chi connectivity index (χ3n) is 5.44. The minimum Gasteiger partial charge on any atom is -0.454 e. The van der Waals surface area contributed by atoms with Gasteiger partial charge in [-0.25, -0.2) is 4.79 Å². The van der Waals surface area contributed by atoms with Gasteiger partial charge in [-0.05, 0) is 44.0 Å². The van der Waals surface area contributed by atoms with Crippen molar-refractivity contribution in [2.24, 2.45) is 11.8 Å². The van der Waals surface area contributed by atoms with E-state index in [1.165, 1.54) is 13.8 Å². The van der Waals surface area contributed by atoms with Gasteiger partial charge in [-0.1, -0.05) is 12.8 Å². The molecule has 1 saturated heterocycles. The lowest BCUT2D eigenvalue weighted by atomic mass is 9.81. The van der Waals surface area contributed by atoms with Gasteiger partial charge in [-0.2, -0.15) is 0 Å². The highest BCUT2D eigenvalue weighted by Crippen LogP contribution is 2.38. The van der Waals surface area contributed by atoms with Gasteiger partial charge in [0.25, 0.3) is 5.91 Å². The van der Waals surface area contributed by atoms with E-state index in [1.807, 2.05) is 0 Å². The molecule has 0 spiro atoms. The Balaban J connectivity index is 1.51. The summed E-state index contributed by atoms with van der Waals surface area (Å²) in [6.45, 7) is 2.29. The zero-order valence-electron chi connectivity index (χ0n) is 17.0. The topological polar surface area (TPSA) is 122 Å². The SMILES string of the molecule is CC(=O)Nc1ccc(NC(=O)COC(=O)[C@H](C)N2C(=O)[C@@H]3CCCC[C@H]3C2=O)cc1. The summed E-state index contributed by atoms with van der Waals surface area (Å²) in [6, 6.07) is 5.36. The number of ether oxygens (including phenoxy) is 1. The first-order valence-corrected chi connectivity index (χ1v) is 9.99. The van der Waals surface area contributed by atoms with Crippen LogP contribution in [-0.4, -0.2) is 47.1 Å². The van der Waals surface area contributed by atoms with Gasteiger partial charge in [0.15, 0.2) is 6.61 Å². The van der Waals surface area contributed by atoms with Crippen molar-refractivity contribution in [1.29, 1.82) is 0 Å². The van der Waals surface area contributed by atoms with Crippen LogP contribution in [0.2, 0.25) is 0 Å². The van der Waals surface area contributed by atoms with Crippen LogP contribution < -0.4 is 10.6 Å². The predicted octanol–water partition coefficient (Wildman–Crippen LogP) is 1.69. The Morgan fingerprint density at radius 3 is 2.00 bits per heavy atom. The van der Waals surface area contributed by atoms with E-state index < -0.39 is 24.5 Å². The number of carbonyl (C=O) groups excluding carboxylic acids is 5. The Hall–Kier alpha value is -3.23. The molecule has 1 saturated carbocycles. The molecular weight excluding hydrogens is 390 g/mol. The van der Waals surface area contributed by atoms with Crippen molar-refractivity contribution >= 4 is 41.0 Å². The smallest absolute Gasteiger partial charge is 0.329 e. The van der Waals surface area contributed by atoms with Gasteiger partial charge in [0.2, 0.25) is 17.7 Å². The number of benzene rings is 1. The Kier molecular flexibility index (Phi) is 6.49. The van der Waals surface area contributed by atoms with Crippen LogP contribution >= 0.6 is 0 Å². The Morgan fingerprint density at radius 1 is 1.00 bits per heavy atom. The first-order valence-electron chi connectivity index (χ1n) is 9.99. The molecular formula is C21H25N3O6. The molecule has 9 heteroatoms. The van der Waals surface area contributed by atoms with Crippen LogP contribution in [0.1, 0.15) is 39.5 Å². The van der Waals surface area contributed by atoms with Crippen LogP contribution in [0.15, 0.2) is 24.3 Å².